The van der Waals surface area contributed by atoms with Crippen LogP contribution in [-0.2, 0) is 4.74 Å². The lowest BCUT2D eigenvalue weighted by molar-refractivity contribution is -0.0511. The van der Waals surface area contributed by atoms with Crippen molar-refractivity contribution in [2.45, 2.75) is 56.3 Å². The van der Waals surface area contributed by atoms with Crippen molar-refractivity contribution >= 4 is 28.6 Å². The van der Waals surface area contributed by atoms with Crippen LogP contribution >= 0.6 is 11.6 Å². The zero-order chi connectivity index (χ0) is 19.8. The van der Waals surface area contributed by atoms with Gasteiger partial charge in [-0.1, -0.05) is 12.8 Å². The molecule has 0 bridgehead atoms. The Kier molecular flexibility index (Phi) is 5.68. The van der Waals surface area contributed by atoms with E-state index in [-0.39, 0.29) is 23.9 Å². The summed E-state index contributed by atoms with van der Waals surface area (Å²) >= 11 is 6.12. The fraction of sp³-hybridized carbons (Fsp3) is 0.706. The molecule has 1 aliphatic heterocycles. The summed E-state index contributed by atoms with van der Waals surface area (Å²) in [5, 5.41) is 42.6. The molecule has 0 radical (unpaired) electrons. The van der Waals surface area contributed by atoms with Gasteiger partial charge >= 0.3 is 0 Å². The third kappa shape index (κ3) is 3.44. The molecule has 0 aromatic carbocycles. The first-order valence-corrected chi connectivity index (χ1v) is 9.81. The predicted octanol–water partition coefficient (Wildman–Crippen LogP) is 0.0542. The lowest BCUT2D eigenvalue weighted by Crippen LogP contribution is -2.34. The maximum atomic E-state index is 10.3. The van der Waals surface area contributed by atoms with Gasteiger partial charge in [0, 0.05) is 18.6 Å². The molecule has 1 unspecified atom stereocenters. The number of aromatic nitrogens is 4. The Hall–Kier alpha value is -1.56. The second-order valence-electron chi connectivity index (χ2n) is 7.37. The molecule has 1 saturated carbocycles. The summed E-state index contributed by atoms with van der Waals surface area (Å²) in [5.41, 5.74) is 0.790. The van der Waals surface area contributed by atoms with Gasteiger partial charge in [-0.3, -0.25) is 4.57 Å². The van der Waals surface area contributed by atoms with E-state index in [1.165, 1.54) is 10.9 Å². The van der Waals surface area contributed by atoms with E-state index in [2.05, 4.69) is 20.3 Å². The Bertz CT molecular complexity index is 836. The molecule has 3 heterocycles. The number of ether oxygens (including phenoxy) is 1. The van der Waals surface area contributed by atoms with Crippen LogP contribution < -0.4 is 5.32 Å². The number of imidazole rings is 1. The summed E-state index contributed by atoms with van der Waals surface area (Å²) in [6.45, 7) is -0.329. The normalized spacial score (nSPS) is 33.5. The van der Waals surface area contributed by atoms with Gasteiger partial charge < -0.3 is 30.5 Å². The van der Waals surface area contributed by atoms with Crippen molar-refractivity contribution in [1.29, 1.82) is 0 Å². The number of nitrogens with zero attached hydrogens (tertiary/aromatic N) is 4. The highest BCUT2D eigenvalue weighted by Gasteiger charge is 2.44. The second-order valence-corrected chi connectivity index (χ2v) is 7.71. The van der Waals surface area contributed by atoms with E-state index in [1.807, 2.05) is 0 Å². The van der Waals surface area contributed by atoms with Gasteiger partial charge in [0.25, 0.3) is 0 Å². The van der Waals surface area contributed by atoms with E-state index in [1.54, 1.807) is 0 Å². The fourth-order valence-corrected chi connectivity index (χ4v) is 4.24. The number of hydrogen-bond acceptors (Lipinski definition) is 9. The molecule has 11 heteroatoms. The highest BCUT2D eigenvalue weighted by atomic mass is 35.5. The third-order valence-electron chi connectivity index (χ3n) is 5.65. The van der Waals surface area contributed by atoms with Crippen LogP contribution in [0.5, 0.6) is 0 Å². The van der Waals surface area contributed by atoms with Crippen LogP contribution in [0.2, 0.25) is 5.28 Å². The lowest BCUT2D eigenvalue weighted by Gasteiger charge is -2.31. The zero-order valence-electron chi connectivity index (χ0n) is 15.1. The summed E-state index contributed by atoms with van der Waals surface area (Å²) < 4.78 is 7.04. The molecule has 2 fully saturated rings. The fourth-order valence-electron chi connectivity index (χ4n) is 4.08. The first-order chi connectivity index (χ1) is 13.5. The van der Waals surface area contributed by atoms with E-state index in [9.17, 15) is 20.4 Å². The van der Waals surface area contributed by atoms with Gasteiger partial charge in [-0.25, -0.2) is 4.98 Å². The predicted molar refractivity (Wildman–Crippen MR) is 99.8 cm³/mol. The molecule has 0 amide bonds. The average molecular weight is 414 g/mol. The van der Waals surface area contributed by atoms with Crippen LogP contribution in [0.25, 0.3) is 11.2 Å². The van der Waals surface area contributed by atoms with Crippen LogP contribution in [0.4, 0.5) is 5.82 Å². The maximum Gasteiger partial charge on any atom is 0.226 e. The lowest BCUT2D eigenvalue weighted by atomic mass is 9.85. The molecule has 1 saturated heterocycles. The smallest absolute Gasteiger partial charge is 0.226 e. The first kappa shape index (κ1) is 19.7. The van der Waals surface area contributed by atoms with Crippen LogP contribution in [0.3, 0.4) is 0 Å². The van der Waals surface area contributed by atoms with E-state index < -0.39 is 31.1 Å². The molecule has 2 aliphatic rings. The van der Waals surface area contributed by atoms with Gasteiger partial charge in [0.2, 0.25) is 5.28 Å². The Morgan fingerprint density at radius 1 is 1.14 bits per heavy atom. The molecule has 6 atom stereocenters. The Morgan fingerprint density at radius 2 is 1.93 bits per heavy atom. The second kappa shape index (κ2) is 8.05. The van der Waals surface area contributed by atoms with Crippen LogP contribution in [-0.4, -0.2) is 77.5 Å². The number of rotatable bonds is 5. The monoisotopic (exact) mass is 413 g/mol. The largest absolute Gasteiger partial charge is 0.396 e. The summed E-state index contributed by atoms with van der Waals surface area (Å²) in [6.07, 6.45) is 1.08. The topological polar surface area (TPSA) is 146 Å². The minimum Gasteiger partial charge on any atom is -0.396 e. The van der Waals surface area contributed by atoms with Crippen molar-refractivity contribution in [2.24, 2.45) is 5.92 Å². The minimum atomic E-state index is -1.25. The summed E-state index contributed by atoms with van der Waals surface area (Å²) in [7, 11) is 0. The molecule has 2 aromatic heterocycles. The van der Waals surface area contributed by atoms with Crippen LogP contribution in [0.1, 0.15) is 31.9 Å². The van der Waals surface area contributed by atoms with Crippen molar-refractivity contribution in [1.82, 2.24) is 19.5 Å². The van der Waals surface area contributed by atoms with Crippen molar-refractivity contribution in [2.75, 3.05) is 18.5 Å². The van der Waals surface area contributed by atoms with Gasteiger partial charge in [-0.05, 0) is 24.4 Å². The molecular weight excluding hydrogens is 390 g/mol. The maximum absolute atomic E-state index is 10.3. The Morgan fingerprint density at radius 3 is 2.64 bits per heavy atom. The zero-order valence-corrected chi connectivity index (χ0v) is 15.9. The number of fused-ring (bicyclic) bond motifs is 1. The van der Waals surface area contributed by atoms with Gasteiger partial charge in [-0.15, -0.1) is 0 Å². The van der Waals surface area contributed by atoms with E-state index >= 15 is 0 Å². The molecule has 10 nitrogen and oxygen atoms in total. The first-order valence-electron chi connectivity index (χ1n) is 9.43. The number of aliphatic hydroxyl groups excluding tert-OH is 4. The highest BCUT2D eigenvalue weighted by Crippen LogP contribution is 2.34. The summed E-state index contributed by atoms with van der Waals surface area (Å²) in [4.78, 5) is 12.8. The number of anilines is 1. The number of aliphatic hydroxyl groups is 4. The molecular formula is C17H24ClN5O5. The Balaban J connectivity index is 1.67. The third-order valence-corrected chi connectivity index (χ3v) is 5.82. The minimum absolute atomic E-state index is 0.000138. The van der Waals surface area contributed by atoms with Gasteiger partial charge in [0.15, 0.2) is 23.2 Å². The summed E-state index contributed by atoms with van der Waals surface area (Å²) in [5.74, 6) is 0.575. The molecule has 2 aromatic rings. The molecule has 4 rings (SSSR count). The van der Waals surface area contributed by atoms with Gasteiger partial charge in [0.05, 0.1) is 12.9 Å². The van der Waals surface area contributed by atoms with Crippen LogP contribution in [0, 0.1) is 5.92 Å². The number of halogens is 1. The average Bonchev–Trinajstić information content (AvgIpc) is 3.23. The Labute approximate surface area is 166 Å². The number of hydrogen-bond donors (Lipinski definition) is 5. The molecule has 1 aliphatic carbocycles. The van der Waals surface area contributed by atoms with Crippen molar-refractivity contribution in [3.05, 3.63) is 11.6 Å². The van der Waals surface area contributed by atoms with E-state index in [4.69, 9.17) is 16.3 Å². The number of nitrogens with one attached hydrogen (secondary N) is 1. The van der Waals surface area contributed by atoms with E-state index in [0.29, 0.717) is 17.0 Å². The molecule has 154 valence electrons. The van der Waals surface area contributed by atoms with Crippen molar-refractivity contribution in [3.63, 3.8) is 0 Å². The SMILES string of the molecule is OC[C@@H]1CCCCC1Nc1nc(Cl)nc2c1ncn2[C@@H]1O[C@H](CO)[C@@H](O)[C@H]1O. The van der Waals surface area contributed by atoms with Crippen molar-refractivity contribution in [3.8, 4) is 0 Å². The van der Waals surface area contributed by atoms with Crippen molar-refractivity contribution < 1.29 is 25.2 Å². The van der Waals surface area contributed by atoms with Gasteiger partial charge in [0.1, 0.15) is 18.3 Å². The molecule has 0 spiro atoms. The van der Waals surface area contributed by atoms with Gasteiger partial charge in [-0.2, -0.15) is 9.97 Å². The van der Waals surface area contributed by atoms with E-state index in [0.717, 1.165) is 25.7 Å². The molecule has 28 heavy (non-hydrogen) atoms. The molecule has 5 N–H and O–H groups in total. The summed E-state index contributed by atoms with van der Waals surface area (Å²) in [6, 6.07) is 0.0481. The standard InChI is InChI=1S/C17H24ClN5O5/c18-17-21-14(20-9-4-2-1-3-8(9)5-24)11-15(22-17)23(7-19-11)16-13(27)12(26)10(6-25)28-16/h7-10,12-13,16,24-27H,1-6H2,(H,20,21,22)/t8-,9?,10+,12+,13+,16+/m0/s1. The quantitative estimate of drug-likeness (QED) is 0.429. The van der Waals surface area contributed by atoms with Crippen LogP contribution in [0.15, 0.2) is 6.33 Å². The highest BCUT2D eigenvalue weighted by molar-refractivity contribution is 6.28.